The molecular weight excluding hydrogens is 254 g/mol. The van der Waals surface area contributed by atoms with Crippen molar-refractivity contribution in [2.24, 2.45) is 0 Å². The Morgan fingerprint density at radius 3 is 2.67 bits per heavy atom. The van der Waals surface area contributed by atoms with Crippen LogP contribution in [0.2, 0.25) is 5.02 Å². The van der Waals surface area contributed by atoms with Gasteiger partial charge in [0.05, 0.1) is 5.02 Å². The molecule has 0 bridgehead atoms. The van der Waals surface area contributed by atoms with Crippen LogP contribution >= 0.6 is 11.6 Å². The van der Waals surface area contributed by atoms with Crippen LogP contribution in [0.15, 0.2) is 30.3 Å². The van der Waals surface area contributed by atoms with Crippen molar-refractivity contribution in [3.63, 3.8) is 0 Å². The van der Waals surface area contributed by atoms with Gasteiger partial charge in [0.15, 0.2) is 11.5 Å². The lowest BCUT2D eigenvalue weighted by Crippen LogP contribution is -2.06. The molecule has 18 heavy (non-hydrogen) atoms. The molecule has 0 saturated heterocycles. The lowest BCUT2D eigenvalue weighted by molar-refractivity contribution is 0.0690. The summed E-state index contributed by atoms with van der Waals surface area (Å²) in [6, 6.07) is 8.38. The maximum atomic E-state index is 11.0. The summed E-state index contributed by atoms with van der Waals surface area (Å²) in [4.78, 5) is 19.2. The molecule has 1 heterocycles. The number of aromatic nitrogens is 2. The molecular formula is C12H10ClN3O2. The zero-order valence-corrected chi connectivity index (χ0v) is 10.3. The number of carboxylic acid groups (broad SMARTS) is 1. The van der Waals surface area contributed by atoms with Crippen LogP contribution in [0.25, 0.3) is 11.4 Å². The Morgan fingerprint density at radius 1 is 1.33 bits per heavy atom. The second-order valence-electron chi connectivity index (χ2n) is 3.50. The van der Waals surface area contributed by atoms with E-state index in [0.717, 1.165) is 0 Å². The van der Waals surface area contributed by atoms with Crippen molar-refractivity contribution in [1.82, 2.24) is 9.97 Å². The van der Waals surface area contributed by atoms with Crippen LogP contribution in [0.1, 0.15) is 10.5 Å². The number of carbonyl (C=O) groups is 1. The Hall–Kier alpha value is -2.14. The van der Waals surface area contributed by atoms with Crippen LogP contribution in [-0.4, -0.2) is 28.1 Å². The first-order chi connectivity index (χ1) is 8.61. The molecule has 1 aromatic carbocycles. The summed E-state index contributed by atoms with van der Waals surface area (Å²) >= 11 is 6.04. The van der Waals surface area contributed by atoms with Gasteiger partial charge in [0.1, 0.15) is 5.82 Å². The van der Waals surface area contributed by atoms with Gasteiger partial charge in [-0.25, -0.2) is 14.8 Å². The third-order valence-electron chi connectivity index (χ3n) is 2.32. The average molecular weight is 264 g/mol. The van der Waals surface area contributed by atoms with Crippen molar-refractivity contribution in [1.29, 1.82) is 0 Å². The smallest absolute Gasteiger partial charge is 0.354 e. The minimum atomic E-state index is -1.11. The largest absolute Gasteiger partial charge is 0.477 e. The van der Waals surface area contributed by atoms with Crippen molar-refractivity contribution in [3.8, 4) is 11.4 Å². The normalized spacial score (nSPS) is 10.1. The van der Waals surface area contributed by atoms with Gasteiger partial charge in [0.25, 0.3) is 0 Å². The molecule has 0 amide bonds. The molecule has 0 fully saturated rings. The molecule has 0 aliphatic carbocycles. The van der Waals surface area contributed by atoms with E-state index in [9.17, 15) is 4.79 Å². The molecule has 0 radical (unpaired) electrons. The number of hydrogen-bond acceptors (Lipinski definition) is 4. The van der Waals surface area contributed by atoms with Crippen LogP contribution in [0.3, 0.4) is 0 Å². The number of rotatable bonds is 3. The number of carboxylic acids is 1. The molecule has 92 valence electrons. The highest BCUT2D eigenvalue weighted by atomic mass is 35.5. The summed E-state index contributed by atoms with van der Waals surface area (Å²) in [7, 11) is 1.66. The molecule has 2 rings (SSSR count). The first kappa shape index (κ1) is 12.3. The quantitative estimate of drug-likeness (QED) is 0.890. The number of aromatic carboxylic acids is 1. The van der Waals surface area contributed by atoms with Crippen LogP contribution in [-0.2, 0) is 0 Å². The Balaban J connectivity index is 2.60. The first-order valence-electron chi connectivity index (χ1n) is 5.17. The highest BCUT2D eigenvalue weighted by molar-refractivity contribution is 6.33. The monoisotopic (exact) mass is 263 g/mol. The van der Waals surface area contributed by atoms with Gasteiger partial charge in [-0.2, -0.15) is 0 Å². The number of nitrogens with zero attached hydrogens (tertiary/aromatic N) is 2. The van der Waals surface area contributed by atoms with Gasteiger partial charge < -0.3 is 10.4 Å². The zero-order chi connectivity index (χ0) is 13.1. The highest BCUT2D eigenvalue weighted by Crippen LogP contribution is 2.25. The second-order valence-corrected chi connectivity index (χ2v) is 3.90. The lowest BCUT2D eigenvalue weighted by atomic mass is 10.2. The zero-order valence-electron chi connectivity index (χ0n) is 9.51. The van der Waals surface area contributed by atoms with Crippen molar-refractivity contribution in [2.45, 2.75) is 0 Å². The Bertz CT molecular complexity index is 602. The van der Waals surface area contributed by atoms with Gasteiger partial charge in [-0.3, -0.25) is 0 Å². The van der Waals surface area contributed by atoms with Crippen LogP contribution in [0.4, 0.5) is 5.82 Å². The van der Waals surface area contributed by atoms with Crippen molar-refractivity contribution < 1.29 is 9.90 Å². The van der Waals surface area contributed by atoms with E-state index < -0.39 is 5.97 Å². The molecule has 6 heteroatoms. The minimum Gasteiger partial charge on any atom is -0.477 e. The molecule has 0 aliphatic rings. The third-order valence-corrected chi connectivity index (χ3v) is 2.65. The van der Waals surface area contributed by atoms with E-state index in [1.807, 2.05) is 0 Å². The van der Waals surface area contributed by atoms with Crippen LogP contribution in [0.5, 0.6) is 0 Å². The average Bonchev–Trinajstić information content (AvgIpc) is 2.38. The molecule has 0 saturated carbocycles. The van der Waals surface area contributed by atoms with Gasteiger partial charge in [-0.15, -0.1) is 0 Å². The maximum absolute atomic E-state index is 11.0. The van der Waals surface area contributed by atoms with Gasteiger partial charge in [0.2, 0.25) is 0 Å². The van der Waals surface area contributed by atoms with Gasteiger partial charge in [-0.05, 0) is 12.1 Å². The molecule has 5 nitrogen and oxygen atoms in total. The summed E-state index contributed by atoms with van der Waals surface area (Å²) in [6.07, 6.45) is 0. The van der Waals surface area contributed by atoms with Gasteiger partial charge >= 0.3 is 5.97 Å². The molecule has 0 unspecified atom stereocenters. The minimum absolute atomic E-state index is 0.0794. The standard InChI is InChI=1S/C12H10ClN3O2/c1-14-10-6-9(12(17)18)15-11(16-10)7-4-2-3-5-8(7)13/h2-6H,1H3,(H,17,18)(H,14,15,16). The Morgan fingerprint density at radius 2 is 2.06 bits per heavy atom. The van der Waals surface area contributed by atoms with Crippen LogP contribution < -0.4 is 5.32 Å². The SMILES string of the molecule is CNc1cc(C(=O)O)nc(-c2ccccc2Cl)n1. The number of anilines is 1. The van der Waals surface area contributed by atoms with E-state index in [1.54, 1.807) is 31.3 Å². The van der Waals surface area contributed by atoms with E-state index in [1.165, 1.54) is 6.07 Å². The summed E-state index contributed by atoms with van der Waals surface area (Å²) in [5.41, 5.74) is 0.517. The van der Waals surface area contributed by atoms with E-state index in [4.69, 9.17) is 16.7 Å². The topological polar surface area (TPSA) is 75.1 Å². The molecule has 0 spiro atoms. The Kier molecular flexibility index (Phi) is 3.43. The van der Waals surface area contributed by atoms with E-state index >= 15 is 0 Å². The van der Waals surface area contributed by atoms with Gasteiger partial charge in [0, 0.05) is 18.7 Å². The molecule has 0 aliphatic heterocycles. The Labute approximate surface area is 108 Å². The summed E-state index contributed by atoms with van der Waals surface area (Å²) < 4.78 is 0. The molecule has 0 atom stereocenters. The predicted octanol–water partition coefficient (Wildman–Crippen LogP) is 2.54. The predicted molar refractivity (Wildman–Crippen MR) is 69.0 cm³/mol. The molecule has 2 aromatic rings. The van der Waals surface area contributed by atoms with E-state index in [-0.39, 0.29) is 11.5 Å². The number of nitrogens with one attached hydrogen (secondary N) is 1. The fourth-order valence-electron chi connectivity index (χ4n) is 1.45. The lowest BCUT2D eigenvalue weighted by Gasteiger charge is -2.06. The number of halogens is 1. The summed E-state index contributed by atoms with van der Waals surface area (Å²) in [5.74, 6) is -0.399. The van der Waals surface area contributed by atoms with Gasteiger partial charge in [-0.1, -0.05) is 23.7 Å². The second kappa shape index (κ2) is 5.01. The van der Waals surface area contributed by atoms with Crippen molar-refractivity contribution in [2.75, 3.05) is 12.4 Å². The molecule has 1 aromatic heterocycles. The third kappa shape index (κ3) is 2.41. The molecule has 2 N–H and O–H groups in total. The van der Waals surface area contributed by atoms with Crippen molar-refractivity contribution in [3.05, 3.63) is 41.0 Å². The number of hydrogen-bond donors (Lipinski definition) is 2. The summed E-state index contributed by atoms with van der Waals surface area (Å²) in [6.45, 7) is 0. The van der Waals surface area contributed by atoms with E-state index in [0.29, 0.717) is 16.4 Å². The maximum Gasteiger partial charge on any atom is 0.354 e. The number of benzene rings is 1. The first-order valence-corrected chi connectivity index (χ1v) is 5.54. The van der Waals surface area contributed by atoms with Crippen molar-refractivity contribution >= 4 is 23.4 Å². The highest BCUT2D eigenvalue weighted by Gasteiger charge is 2.12. The van der Waals surface area contributed by atoms with Crippen LogP contribution in [0, 0.1) is 0 Å². The van der Waals surface area contributed by atoms with E-state index in [2.05, 4.69) is 15.3 Å². The fourth-order valence-corrected chi connectivity index (χ4v) is 1.67. The fraction of sp³-hybridized carbons (Fsp3) is 0.0833. The summed E-state index contributed by atoms with van der Waals surface area (Å²) in [5, 5.41) is 12.3.